The van der Waals surface area contributed by atoms with Gasteiger partial charge in [-0.15, -0.1) is 0 Å². The molecule has 0 radical (unpaired) electrons. The number of methoxy groups -OCH3 is 1. The van der Waals surface area contributed by atoms with Crippen LogP contribution in [0.3, 0.4) is 0 Å². The number of rotatable bonds is 8. The van der Waals surface area contributed by atoms with Crippen molar-refractivity contribution in [3.05, 3.63) is 24.3 Å². The van der Waals surface area contributed by atoms with E-state index in [4.69, 9.17) is 9.47 Å². The van der Waals surface area contributed by atoms with Crippen molar-refractivity contribution in [2.45, 2.75) is 59.2 Å². The topological polar surface area (TPSA) is 47.6 Å². The summed E-state index contributed by atoms with van der Waals surface area (Å²) in [6.45, 7) is 10.1. The second-order valence-corrected chi connectivity index (χ2v) is 6.35. The molecule has 1 aromatic carbocycles. The summed E-state index contributed by atoms with van der Waals surface area (Å²) in [6.07, 6.45) is 1.81. The summed E-state index contributed by atoms with van der Waals surface area (Å²) in [6, 6.07) is 7.44. The van der Waals surface area contributed by atoms with Crippen LogP contribution in [0.2, 0.25) is 0 Å². The summed E-state index contributed by atoms with van der Waals surface area (Å²) in [5, 5.41) is 2.91. The maximum Gasteiger partial charge on any atom is 0.256 e. The molecule has 0 aliphatic rings. The smallest absolute Gasteiger partial charge is 0.256 e. The lowest BCUT2D eigenvalue weighted by Gasteiger charge is -2.28. The van der Waals surface area contributed by atoms with Gasteiger partial charge in [0, 0.05) is 12.8 Å². The molecule has 0 aliphatic carbocycles. The van der Waals surface area contributed by atoms with Crippen LogP contribution in [0.25, 0.3) is 0 Å². The Kier molecular flexibility index (Phi) is 6.88. The summed E-state index contributed by atoms with van der Waals surface area (Å²) in [4.78, 5) is 12.4. The minimum absolute atomic E-state index is 0.126. The molecule has 22 heavy (non-hydrogen) atoms. The molecule has 124 valence electrons. The predicted molar refractivity (Wildman–Crippen MR) is 90.3 cm³/mol. The quantitative estimate of drug-likeness (QED) is 0.781. The highest BCUT2D eigenvalue weighted by molar-refractivity contribution is 5.97. The van der Waals surface area contributed by atoms with E-state index in [0.717, 1.165) is 17.9 Å². The number of benzene rings is 1. The fraction of sp³-hybridized carbons (Fsp3) is 0.611. The largest absolute Gasteiger partial charge is 0.491 e. The van der Waals surface area contributed by atoms with Gasteiger partial charge in [-0.3, -0.25) is 4.79 Å². The van der Waals surface area contributed by atoms with Crippen LogP contribution in [0.5, 0.6) is 5.75 Å². The second-order valence-electron chi connectivity index (χ2n) is 6.35. The Bertz CT molecular complexity index is 470. The molecule has 1 N–H and O–H groups in total. The van der Waals surface area contributed by atoms with E-state index in [2.05, 4.69) is 26.1 Å². The van der Waals surface area contributed by atoms with E-state index in [0.29, 0.717) is 12.3 Å². The Morgan fingerprint density at radius 1 is 1.23 bits per heavy atom. The van der Waals surface area contributed by atoms with Gasteiger partial charge in [-0.1, -0.05) is 20.8 Å². The minimum atomic E-state index is -0.819. The number of carbonyl (C=O) groups is 1. The molecule has 0 saturated heterocycles. The predicted octanol–water partition coefficient (Wildman–Crippen LogP) is 4.25. The highest BCUT2D eigenvalue weighted by Gasteiger charge is 2.33. The molecule has 0 bridgehead atoms. The Morgan fingerprint density at radius 3 is 2.27 bits per heavy atom. The molecule has 4 heteroatoms. The monoisotopic (exact) mass is 307 g/mol. The highest BCUT2D eigenvalue weighted by Crippen LogP contribution is 2.23. The number of hydrogen-bond donors (Lipinski definition) is 1. The molecule has 2 atom stereocenters. The van der Waals surface area contributed by atoms with E-state index in [1.54, 1.807) is 7.11 Å². The molecule has 0 saturated carbocycles. The summed E-state index contributed by atoms with van der Waals surface area (Å²) in [7, 11) is 1.57. The van der Waals surface area contributed by atoms with Gasteiger partial charge in [0.25, 0.3) is 5.91 Å². The summed E-state index contributed by atoms with van der Waals surface area (Å²) < 4.78 is 11.2. The van der Waals surface area contributed by atoms with E-state index in [-0.39, 0.29) is 12.0 Å². The van der Waals surface area contributed by atoms with Crippen molar-refractivity contribution >= 4 is 11.6 Å². The minimum Gasteiger partial charge on any atom is -0.491 e. The molecule has 0 aromatic heterocycles. The third kappa shape index (κ3) is 5.34. The number of anilines is 1. The van der Waals surface area contributed by atoms with Crippen LogP contribution in [0.1, 0.15) is 47.5 Å². The lowest BCUT2D eigenvalue weighted by Crippen LogP contribution is -2.43. The van der Waals surface area contributed by atoms with Gasteiger partial charge in [0.05, 0.1) is 6.10 Å². The van der Waals surface area contributed by atoms with Gasteiger partial charge in [-0.25, -0.2) is 0 Å². The first-order valence-corrected chi connectivity index (χ1v) is 7.94. The third-order valence-corrected chi connectivity index (χ3v) is 3.75. The Hall–Kier alpha value is -1.55. The zero-order chi connectivity index (χ0) is 16.8. The molecule has 0 aliphatic heterocycles. The molecular weight excluding hydrogens is 278 g/mol. The van der Waals surface area contributed by atoms with E-state index in [1.165, 1.54) is 0 Å². The van der Waals surface area contributed by atoms with E-state index in [1.807, 2.05) is 38.1 Å². The summed E-state index contributed by atoms with van der Waals surface area (Å²) in [5.74, 6) is 1.06. The summed E-state index contributed by atoms with van der Waals surface area (Å²) >= 11 is 0. The molecule has 1 amide bonds. The Balaban J connectivity index is 2.71. The number of ether oxygens (including phenoxy) is 2. The normalized spacial score (nSPS) is 15.2. The maximum atomic E-state index is 12.4. The number of amides is 1. The third-order valence-electron chi connectivity index (χ3n) is 3.75. The van der Waals surface area contributed by atoms with Crippen molar-refractivity contribution in [1.82, 2.24) is 0 Å². The van der Waals surface area contributed by atoms with E-state index >= 15 is 0 Å². The van der Waals surface area contributed by atoms with Crippen LogP contribution in [-0.2, 0) is 9.53 Å². The summed E-state index contributed by atoms with van der Waals surface area (Å²) in [5.41, 5.74) is -0.0754. The zero-order valence-corrected chi connectivity index (χ0v) is 14.6. The number of carbonyl (C=O) groups excluding carboxylic acids is 1. The van der Waals surface area contributed by atoms with Gasteiger partial charge >= 0.3 is 0 Å². The molecule has 0 heterocycles. The van der Waals surface area contributed by atoms with Crippen molar-refractivity contribution in [3.8, 4) is 5.75 Å². The van der Waals surface area contributed by atoms with Crippen molar-refractivity contribution in [2.24, 2.45) is 5.92 Å². The lowest BCUT2D eigenvalue weighted by atomic mass is 9.93. The van der Waals surface area contributed by atoms with Gasteiger partial charge in [-0.05, 0) is 56.9 Å². The van der Waals surface area contributed by atoms with Gasteiger partial charge in [0.2, 0.25) is 0 Å². The second kappa shape index (κ2) is 8.18. The van der Waals surface area contributed by atoms with Crippen LogP contribution in [0.4, 0.5) is 5.69 Å². The highest BCUT2D eigenvalue weighted by atomic mass is 16.5. The standard InChI is InChI=1S/C18H29NO3/c1-7-14(4)22-16-10-8-15(9-11-16)19-17(20)18(5,21-6)12-13(2)3/h8-11,13-14H,7,12H2,1-6H3,(H,19,20)/t14-,18+/m1/s1. The van der Waals surface area contributed by atoms with Crippen molar-refractivity contribution in [2.75, 3.05) is 12.4 Å². The first-order chi connectivity index (χ1) is 10.3. The molecule has 0 unspecified atom stereocenters. The molecule has 1 rings (SSSR count). The van der Waals surface area contributed by atoms with E-state index < -0.39 is 5.60 Å². The average Bonchev–Trinajstić information content (AvgIpc) is 2.48. The average molecular weight is 307 g/mol. The fourth-order valence-electron chi connectivity index (χ4n) is 2.24. The van der Waals surface area contributed by atoms with Gasteiger partial charge in [0.1, 0.15) is 11.4 Å². The molecular formula is C18H29NO3. The first-order valence-electron chi connectivity index (χ1n) is 7.94. The van der Waals surface area contributed by atoms with Crippen molar-refractivity contribution in [3.63, 3.8) is 0 Å². The van der Waals surface area contributed by atoms with Crippen LogP contribution in [-0.4, -0.2) is 24.7 Å². The van der Waals surface area contributed by atoms with Gasteiger partial charge in [0.15, 0.2) is 0 Å². The number of nitrogens with one attached hydrogen (secondary N) is 1. The zero-order valence-electron chi connectivity index (χ0n) is 14.6. The molecule has 4 nitrogen and oxygen atoms in total. The van der Waals surface area contributed by atoms with Gasteiger partial charge in [-0.2, -0.15) is 0 Å². The Labute approximate surface area is 134 Å². The van der Waals surface area contributed by atoms with Gasteiger partial charge < -0.3 is 14.8 Å². The Morgan fingerprint density at radius 2 is 1.82 bits per heavy atom. The van der Waals surface area contributed by atoms with Crippen molar-refractivity contribution in [1.29, 1.82) is 0 Å². The molecule has 0 fully saturated rings. The van der Waals surface area contributed by atoms with Crippen LogP contribution in [0, 0.1) is 5.92 Å². The first kappa shape index (κ1) is 18.5. The van der Waals surface area contributed by atoms with Crippen LogP contribution in [0.15, 0.2) is 24.3 Å². The van der Waals surface area contributed by atoms with Crippen LogP contribution >= 0.6 is 0 Å². The maximum absolute atomic E-state index is 12.4. The SMILES string of the molecule is CC[C@@H](C)Oc1ccc(NC(=O)[C@](C)(CC(C)C)OC)cc1. The van der Waals surface area contributed by atoms with E-state index in [9.17, 15) is 4.79 Å². The molecule has 0 spiro atoms. The lowest BCUT2D eigenvalue weighted by molar-refractivity contribution is -0.137. The van der Waals surface area contributed by atoms with Crippen LogP contribution < -0.4 is 10.1 Å². The fourth-order valence-corrected chi connectivity index (χ4v) is 2.24. The van der Waals surface area contributed by atoms with Crippen molar-refractivity contribution < 1.29 is 14.3 Å². The number of hydrogen-bond acceptors (Lipinski definition) is 3. The molecule has 1 aromatic rings.